The van der Waals surface area contributed by atoms with Gasteiger partial charge in [0.15, 0.2) is 5.76 Å². The van der Waals surface area contributed by atoms with Crippen LogP contribution < -0.4 is 14.4 Å². The van der Waals surface area contributed by atoms with Gasteiger partial charge in [0.25, 0.3) is 5.91 Å². The molecular weight excluding hydrogens is 415 g/mol. The first-order chi connectivity index (χ1) is 14.8. The van der Waals surface area contributed by atoms with Crippen LogP contribution >= 0.6 is 11.9 Å². The number of amides is 1. The van der Waals surface area contributed by atoms with E-state index in [0.29, 0.717) is 23.3 Å². The summed E-state index contributed by atoms with van der Waals surface area (Å²) in [6, 6.07) is 10.7. The van der Waals surface area contributed by atoms with Crippen LogP contribution in [0.3, 0.4) is 0 Å². The van der Waals surface area contributed by atoms with Crippen molar-refractivity contribution in [1.82, 2.24) is 4.72 Å². The van der Waals surface area contributed by atoms with Gasteiger partial charge in [0.2, 0.25) is 0 Å². The molecule has 1 fully saturated rings. The van der Waals surface area contributed by atoms with E-state index in [1.165, 1.54) is 24.1 Å². The van der Waals surface area contributed by atoms with Crippen LogP contribution in [0.5, 0.6) is 5.75 Å². The second-order valence-electron chi connectivity index (χ2n) is 8.67. The van der Waals surface area contributed by atoms with Gasteiger partial charge < -0.3 is 14.1 Å². The van der Waals surface area contributed by atoms with Crippen molar-refractivity contribution < 1.29 is 18.3 Å². The van der Waals surface area contributed by atoms with E-state index in [4.69, 9.17) is 9.15 Å². The molecule has 0 radical (unpaired) electrons. The van der Waals surface area contributed by atoms with Crippen molar-refractivity contribution in [3.63, 3.8) is 0 Å². The molecule has 1 saturated heterocycles. The molecular formula is C24H27FN2O3S. The molecule has 1 N–H and O–H groups in total. The molecule has 0 atom stereocenters. The molecule has 2 heterocycles. The molecule has 1 aliphatic rings. The molecule has 1 amide bonds. The molecule has 0 saturated carbocycles. The smallest absolute Gasteiger partial charge is 0.297 e. The molecule has 4 rings (SSSR count). The maximum Gasteiger partial charge on any atom is 0.297 e. The van der Waals surface area contributed by atoms with Crippen LogP contribution in [-0.2, 0) is 5.41 Å². The van der Waals surface area contributed by atoms with Gasteiger partial charge in [-0.25, -0.2) is 4.39 Å². The zero-order chi connectivity index (χ0) is 22.2. The normalized spacial score (nSPS) is 13.9. The summed E-state index contributed by atoms with van der Waals surface area (Å²) in [4.78, 5) is 15.6. The number of carbonyl (C=O) groups excluding carboxylic acids is 1. The minimum atomic E-state index is -0.422. The summed E-state index contributed by atoms with van der Waals surface area (Å²) < 4.78 is 28.8. The molecule has 0 unspecified atom stereocenters. The Bertz CT molecular complexity index is 1120. The minimum Gasteiger partial charge on any atom is -0.493 e. The Hall–Kier alpha value is -2.67. The summed E-state index contributed by atoms with van der Waals surface area (Å²) in [6.07, 6.45) is 1.10. The summed E-state index contributed by atoms with van der Waals surface area (Å²) in [6.45, 7) is 10.7. The average molecular weight is 443 g/mol. The van der Waals surface area contributed by atoms with Crippen LogP contribution in [0.4, 0.5) is 10.1 Å². The number of ether oxygens (including phenoxy) is 1. The van der Waals surface area contributed by atoms with Gasteiger partial charge in [0.1, 0.15) is 17.1 Å². The van der Waals surface area contributed by atoms with Crippen molar-refractivity contribution >= 4 is 34.5 Å². The summed E-state index contributed by atoms with van der Waals surface area (Å²) in [5.74, 6) is -0.0243. The third kappa shape index (κ3) is 4.51. The van der Waals surface area contributed by atoms with Gasteiger partial charge in [-0.1, -0.05) is 26.8 Å². The molecule has 1 aromatic heterocycles. The van der Waals surface area contributed by atoms with Crippen molar-refractivity contribution in [3.8, 4) is 5.75 Å². The van der Waals surface area contributed by atoms with E-state index < -0.39 is 5.91 Å². The van der Waals surface area contributed by atoms with Crippen molar-refractivity contribution in [2.24, 2.45) is 0 Å². The molecule has 5 nitrogen and oxygen atoms in total. The molecule has 1 aliphatic heterocycles. The van der Waals surface area contributed by atoms with Crippen LogP contribution in [0.25, 0.3) is 11.0 Å². The zero-order valence-corrected chi connectivity index (χ0v) is 19.1. The zero-order valence-electron chi connectivity index (χ0n) is 18.3. The van der Waals surface area contributed by atoms with Crippen molar-refractivity contribution in [2.75, 3.05) is 24.6 Å². The van der Waals surface area contributed by atoms with Gasteiger partial charge in [-0.3, -0.25) is 9.52 Å². The first-order valence-corrected chi connectivity index (χ1v) is 11.3. The SMILES string of the molecule is CCOc1ccc(C(C)(C)C)cc1SNC(=O)c1cc2c(F)cc(N3CCC3)cc2o1. The third-order valence-corrected chi connectivity index (χ3v) is 6.21. The van der Waals surface area contributed by atoms with Crippen molar-refractivity contribution in [3.05, 3.63) is 53.5 Å². The Labute approximate surface area is 186 Å². The molecule has 0 aliphatic carbocycles. The maximum absolute atomic E-state index is 14.5. The van der Waals surface area contributed by atoms with Crippen molar-refractivity contribution in [2.45, 2.75) is 44.4 Å². The molecule has 164 valence electrons. The quantitative estimate of drug-likeness (QED) is 0.481. The Morgan fingerprint density at radius 1 is 1.23 bits per heavy atom. The topological polar surface area (TPSA) is 54.7 Å². The van der Waals surface area contributed by atoms with Gasteiger partial charge in [0, 0.05) is 30.9 Å². The first-order valence-electron chi connectivity index (χ1n) is 10.5. The fraction of sp³-hybridized carbons (Fsp3) is 0.375. The van der Waals surface area contributed by atoms with Gasteiger partial charge >= 0.3 is 0 Å². The van der Waals surface area contributed by atoms with Crippen LogP contribution in [0.1, 0.15) is 50.2 Å². The highest BCUT2D eigenvalue weighted by molar-refractivity contribution is 7.98. The molecule has 7 heteroatoms. The number of hydrogen-bond acceptors (Lipinski definition) is 5. The Morgan fingerprint density at radius 2 is 2.00 bits per heavy atom. The molecule has 31 heavy (non-hydrogen) atoms. The highest BCUT2D eigenvalue weighted by Gasteiger charge is 2.21. The number of halogens is 1. The number of anilines is 1. The number of rotatable bonds is 6. The van der Waals surface area contributed by atoms with E-state index in [0.717, 1.165) is 35.7 Å². The Morgan fingerprint density at radius 3 is 2.65 bits per heavy atom. The number of nitrogens with zero attached hydrogens (tertiary/aromatic N) is 1. The third-order valence-electron chi connectivity index (χ3n) is 5.38. The number of carbonyl (C=O) groups is 1. The number of furan rings is 1. The lowest BCUT2D eigenvalue weighted by Gasteiger charge is -2.33. The van der Waals surface area contributed by atoms with Crippen LogP contribution in [0.2, 0.25) is 0 Å². The van der Waals surface area contributed by atoms with E-state index >= 15 is 0 Å². The van der Waals surface area contributed by atoms with Crippen LogP contribution in [0.15, 0.2) is 45.7 Å². The van der Waals surface area contributed by atoms with Gasteiger partial charge in [-0.15, -0.1) is 0 Å². The summed E-state index contributed by atoms with van der Waals surface area (Å²) in [5.41, 5.74) is 2.26. The fourth-order valence-corrected chi connectivity index (χ4v) is 4.15. The average Bonchev–Trinajstić information content (AvgIpc) is 3.10. The highest BCUT2D eigenvalue weighted by Crippen LogP contribution is 2.34. The lowest BCUT2D eigenvalue weighted by molar-refractivity contribution is 0.0959. The monoisotopic (exact) mass is 442 g/mol. The van der Waals surface area contributed by atoms with E-state index in [2.05, 4.69) is 30.4 Å². The predicted molar refractivity (Wildman–Crippen MR) is 123 cm³/mol. The highest BCUT2D eigenvalue weighted by atomic mass is 32.2. The van der Waals surface area contributed by atoms with Gasteiger partial charge in [-0.2, -0.15) is 0 Å². The fourth-order valence-electron chi connectivity index (χ4n) is 3.43. The Balaban J connectivity index is 1.54. The maximum atomic E-state index is 14.5. The summed E-state index contributed by atoms with van der Waals surface area (Å²) in [5, 5.41) is 0.309. The van der Waals surface area contributed by atoms with Crippen LogP contribution in [-0.4, -0.2) is 25.6 Å². The first kappa shape index (κ1) is 21.6. The molecule has 0 spiro atoms. The molecule has 0 bridgehead atoms. The van der Waals surface area contributed by atoms with E-state index in [-0.39, 0.29) is 17.0 Å². The minimum absolute atomic E-state index is 0.0332. The molecule has 3 aromatic rings. The van der Waals surface area contributed by atoms with Crippen molar-refractivity contribution in [1.29, 1.82) is 0 Å². The lowest BCUT2D eigenvalue weighted by atomic mass is 9.87. The van der Waals surface area contributed by atoms with Crippen LogP contribution in [0, 0.1) is 5.82 Å². The standard InChI is InChI=1S/C24H27FN2O3S/c1-5-29-19-8-7-15(24(2,3)4)11-22(19)31-26-23(28)21-14-17-18(25)12-16(13-20(17)30-21)27-9-6-10-27/h7-8,11-14H,5-6,9-10H2,1-4H3,(H,26,28). The number of hydrogen-bond donors (Lipinski definition) is 1. The summed E-state index contributed by atoms with van der Waals surface area (Å²) in [7, 11) is 0. The second-order valence-corrected chi connectivity index (χ2v) is 9.52. The van der Waals surface area contributed by atoms with Gasteiger partial charge in [0.05, 0.1) is 16.9 Å². The second kappa shape index (κ2) is 8.46. The number of fused-ring (bicyclic) bond motifs is 1. The van der Waals surface area contributed by atoms with E-state index in [1.807, 2.05) is 25.1 Å². The summed E-state index contributed by atoms with van der Waals surface area (Å²) >= 11 is 1.17. The predicted octanol–water partition coefficient (Wildman–Crippen LogP) is 5.92. The number of benzene rings is 2. The molecule has 2 aromatic carbocycles. The number of nitrogens with one attached hydrogen (secondary N) is 1. The largest absolute Gasteiger partial charge is 0.493 e. The Kier molecular flexibility index (Phi) is 5.88. The van der Waals surface area contributed by atoms with E-state index in [1.54, 1.807) is 6.07 Å². The lowest BCUT2D eigenvalue weighted by Crippen LogP contribution is -2.36. The van der Waals surface area contributed by atoms with Gasteiger partial charge in [-0.05, 0) is 54.5 Å². The van der Waals surface area contributed by atoms with E-state index in [9.17, 15) is 9.18 Å².